The molecule has 1 aliphatic heterocycles. The topological polar surface area (TPSA) is 29.6 Å². The first kappa shape index (κ1) is 7.62. The maximum atomic E-state index is 11.6. The van der Waals surface area contributed by atoms with Gasteiger partial charge in [0.1, 0.15) is 0 Å². The van der Waals surface area contributed by atoms with Gasteiger partial charge in [-0.05, 0) is 27.7 Å². The molecular weight excluding hydrogens is 160 g/mol. The SMILES string of the molecule is CC1(C)C(=O)C(C)(C)C12OS2. The van der Waals surface area contributed by atoms with E-state index < -0.39 is 0 Å². The van der Waals surface area contributed by atoms with Crippen LogP contribution in [0.1, 0.15) is 27.7 Å². The Morgan fingerprint density at radius 1 is 1.18 bits per heavy atom. The van der Waals surface area contributed by atoms with Crippen LogP contribution in [0.4, 0.5) is 0 Å². The van der Waals surface area contributed by atoms with E-state index in [0.717, 1.165) is 0 Å². The molecule has 0 amide bonds. The number of ketones is 1. The van der Waals surface area contributed by atoms with Crippen LogP contribution in [0.15, 0.2) is 0 Å². The monoisotopic (exact) mass is 172 g/mol. The number of hydrogen-bond acceptors (Lipinski definition) is 3. The highest BCUT2D eigenvalue weighted by molar-refractivity contribution is 8.01. The fourth-order valence-electron chi connectivity index (χ4n) is 2.26. The van der Waals surface area contributed by atoms with Crippen molar-refractivity contribution in [1.29, 1.82) is 0 Å². The van der Waals surface area contributed by atoms with Gasteiger partial charge in [-0.2, -0.15) is 0 Å². The number of rotatable bonds is 0. The zero-order chi connectivity index (χ0) is 8.49. The highest BCUT2D eigenvalue weighted by Gasteiger charge is 2.82. The van der Waals surface area contributed by atoms with Crippen LogP contribution in [0.3, 0.4) is 0 Å². The number of carbonyl (C=O) groups is 1. The predicted octanol–water partition coefficient (Wildman–Crippen LogP) is 2.00. The molecule has 0 aromatic heterocycles. The minimum absolute atomic E-state index is 0.197. The molecule has 0 unspecified atom stereocenters. The van der Waals surface area contributed by atoms with Crippen molar-refractivity contribution in [1.82, 2.24) is 0 Å². The summed E-state index contributed by atoms with van der Waals surface area (Å²) >= 11 is 1.45. The Morgan fingerprint density at radius 2 is 1.55 bits per heavy atom. The van der Waals surface area contributed by atoms with Crippen LogP contribution in [0.2, 0.25) is 0 Å². The molecular formula is C8H12O2S. The van der Waals surface area contributed by atoms with Crippen molar-refractivity contribution < 1.29 is 8.98 Å². The van der Waals surface area contributed by atoms with Gasteiger partial charge in [-0.15, -0.1) is 0 Å². The van der Waals surface area contributed by atoms with Gasteiger partial charge in [-0.1, -0.05) is 0 Å². The maximum Gasteiger partial charge on any atom is 0.177 e. The van der Waals surface area contributed by atoms with Gasteiger partial charge < -0.3 is 0 Å². The van der Waals surface area contributed by atoms with E-state index in [1.54, 1.807) is 0 Å². The third-order valence-electron chi connectivity index (χ3n) is 3.03. The molecule has 1 aliphatic carbocycles. The Labute approximate surface area is 70.9 Å². The average molecular weight is 172 g/mol. The van der Waals surface area contributed by atoms with Crippen molar-refractivity contribution in [3.05, 3.63) is 0 Å². The molecule has 0 N–H and O–H groups in total. The van der Waals surface area contributed by atoms with Gasteiger partial charge in [-0.3, -0.25) is 8.98 Å². The summed E-state index contributed by atoms with van der Waals surface area (Å²) in [5.74, 6) is 0.315. The molecule has 1 saturated carbocycles. The highest BCUT2D eigenvalue weighted by atomic mass is 32.2. The lowest BCUT2D eigenvalue weighted by Gasteiger charge is -2.51. The molecule has 2 fully saturated rings. The summed E-state index contributed by atoms with van der Waals surface area (Å²) in [7, 11) is 0. The first-order valence-electron chi connectivity index (χ1n) is 3.78. The molecule has 0 radical (unpaired) electrons. The molecule has 0 bridgehead atoms. The van der Waals surface area contributed by atoms with E-state index in [-0.39, 0.29) is 15.8 Å². The fourth-order valence-corrected chi connectivity index (χ4v) is 3.36. The average Bonchev–Trinajstić information content (AvgIpc) is 2.64. The lowest BCUT2D eigenvalue weighted by Crippen LogP contribution is -2.66. The Morgan fingerprint density at radius 3 is 1.73 bits per heavy atom. The Bertz CT molecular complexity index is 218. The van der Waals surface area contributed by atoms with E-state index in [4.69, 9.17) is 4.18 Å². The van der Waals surface area contributed by atoms with Crippen molar-refractivity contribution in [3.63, 3.8) is 0 Å². The standard InChI is InChI=1S/C8H12O2S/c1-6(2)5(9)7(3,4)8(6)10-11-8/h1-4H3. The van der Waals surface area contributed by atoms with Gasteiger partial charge in [0.15, 0.2) is 10.7 Å². The van der Waals surface area contributed by atoms with E-state index in [2.05, 4.69) is 0 Å². The van der Waals surface area contributed by atoms with Crippen LogP contribution < -0.4 is 0 Å². The normalized spacial score (nSPS) is 35.1. The third kappa shape index (κ3) is 0.519. The predicted molar refractivity (Wildman–Crippen MR) is 44.0 cm³/mol. The summed E-state index contributed by atoms with van der Waals surface area (Å²) in [6.45, 7) is 7.84. The Hall–Kier alpha value is -0.0200. The highest BCUT2D eigenvalue weighted by Crippen LogP contribution is 2.76. The zero-order valence-corrected chi connectivity index (χ0v) is 8.04. The van der Waals surface area contributed by atoms with E-state index in [1.165, 1.54) is 12.0 Å². The second-order valence-corrected chi connectivity index (χ2v) is 5.27. The molecule has 2 nitrogen and oxygen atoms in total. The van der Waals surface area contributed by atoms with Crippen molar-refractivity contribution in [2.75, 3.05) is 0 Å². The molecule has 0 aromatic carbocycles. The Balaban J connectivity index is 2.41. The largest absolute Gasteiger partial charge is 0.298 e. The molecule has 2 aliphatic rings. The summed E-state index contributed by atoms with van der Waals surface area (Å²) in [6, 6.07) is 0. The van der Waals surface area contributed by atoms with E-state index >= 15 is 0 Å². The van der Waals surface area contributed by atoms with Gasteiger partial charge in [0.2, 0.25) is 0 Å². The fraction of sp³-hybridized carbons (Fsp3) is 0.875. The van der Waals surface area contributed by atoms with Crippen LogP contribution in [-0.2, 0) is 8.98 Å². The summed E-state index contributed by atoms with van der Waals surface area (Å²) in [6.07, 6.45) is 0. The number of Topliss-reactive ketones (excluding diaryl/α,β-unsaturated/α-hetero) is 1. The smallest absolute Gasteiger partial charge is 0.177 e. The molecule has 0 aromatic rings. The van der Waals surface area contributed by atoms with Crippen molar-refractivity contribution >= 4 is 17.8 Å². The number of carbonyl (C=O) groups excluding carboxylic acids is 1. The van der Waals surface area contributed by atoms with Crippen LogP contribution in [-0.4, -0.2) is 10.7 Å². The summed E-state index contributed by atoms with van der Waals surface area (Å²) < 4.78 is 5.33. The van der Waals surface area contributed by atoms with Crippen LogP contribution in [0.5, 0.6) is 0 Å². The molecule has 1 spiro atoms. The molecule has 3 heteroatoms. The van der Waals surface area contributed by atoms with Crippen LogP contribution >= 0.6 is 12.0 Å². The maximum absolute atomic E-state index is 11.6. The second-order valence-electron chi connectivity index (χ2n) is 4.36. The second kappa shape index (κ2) is 1.52. The first-order valence-corrected chi connectivity index (χ1v) is 4.52. The third-order valence-corrected chi connectivity index (χ3v) is 4.55. The first-order chi connectivity index (χ1) is 4.86. The van der Waals surface area contributed by atoms with Crippen molar-refractivity contribution in [3.8, 4) is 0 Å². The van der Waals surface area contributed by atoms with Gasteiger partial charge >= 0.3 is 0 Å². The van der Waals surface area contributed by atoms with Gasteiger partial charge in [0, 0.05) is 12.0 Å². The molecule has 0 atom stereocenters. The lowest BCUT2D eigenvalue weighted by atomic mass is 9.52. The van der Waals surface area contributed by atoms with E-state index in [0.29, 0.717) is 5.78 Å². The lowest BCUT2D eigenvalue weighted by molar-refractivity contribution is -0.169. The summed E-state index contributed by atoms with van der Waals surface area (Å²) in [4.78, 5) is 11.4. The van der Waals surface area contributed by atoms with Gasteiger partial charge in [0.05, 0.1) is 10.8 Å². The Kier molecular flexibility index (Phi) is 1.06. The van der Waals surface area contributed by atoms with Crippen LogP contribution in [0, 0.1) is 10.8 Å². The summed E-state index contributed by atoms with van der Waals surface area (Å²) in [5, 5.41) is 0. The molecule has 1 heterocycles. The van der Waals surface area contributed by atoms with Crippen molar-refractivity contribution in [2.24, 2.45) is 10.8 Å². The minimum Gasteiger partial charge on any atom is -0.298 e. The molecule has 1 saturated heterocycles. The molecule has 62 valence electrons. The van der Waals surface area contributed by atoms with Crippen LogP contribution in [0.25, 0.3) is 0 Å². The van der Waals surface area contributed by atoms with E-state index in [1.807, 2.05) is 27.7 Å². The quantitative estimate of drug-likeness (QED) is 0.413. The van der Waals surface area contributed by atoms with Gasteiger partial charge in [0.25, 0.3) is 0 Å². The van der Waals surface area contributed by atoms with E-state index in [9.17, 15) is 4.79 Å². The molecule has 2 rings (SSSR count). The molecule has 11 heavy (non-hydrogen) atoms. The zero-order valence-electron chi connectivity index (χ0n) is 7.22. The van der Waals surface area contributed by atoms with Crippen molar-refractivity contribution in [2.45, 2.75) is 32.6 Å². The van der Waals surface area contributed by atoms with Gasteiger partial charge in [-0.25, -0.2) is 0 Å². The number of hydrogen-bond donors (Lipinski definition) is 0. The minimum atomic E-state index is -0.277. The summed E-state index contributed by atoms with van der Waals surface area (Å²) in [5.41, 5.74) is -0.553.